The average Bonchev–Trinajstić information content (AvgIpc) is 3.27. The van der Waals surface area contributed by atoms with Crippen molar-refractivity contribution in [3.8, 4) is 5.75 Å². The second-order valence-corrected chi connectivity index (χ2v) is 8.22. The molecular formula is C23H25N3O2. The van der Waals surface area contributed by atoms with Crippen molar-refractivity contribution in [1.82, 2.24) is 9.78 Å². The van der Waals surface area contributed by atoms with E-state index in [-0.39, 0.29) is 11.3 Å². The Morgan fingerprint density at radius 3 is 2.57 bits per heavy atom. The third-order valence-corrected chi connectivity index (χ3v) is 4.91. The van der Waals surface area contributed by atoms with Crippen LogP contribution in [0.2, 0.25) is 0 Å². The van der Waals surface area contributed by atoms with Crippen molar-refractivity contribution in [1.29, 1.82) is 0 Å². The van der Waals surface area contributed by atoms with Crippen LogP contribution in [0.25, 0.3) is 0 Å². The van der Waals surface area contributed by atoms with Gasteiger partial charge >= 0.3 is 0 Å². The molecule has 1 amide bonds. The molecule has 5 heteroatoms. The molecule has 0 spiro atoms. The number of ether oxygens (including phenoxy) is 1. The fraction of sp³-hybridized carbons (Fsp3) is 0.304. The second kappa shape index (κ2) is 7.15. The maximum absolute atomic E-state index is 12.9. The monoisotopic (exact) mass is 375 g/mol. The first-order chi connectivity index (χ1) is 13.4. The Morgan fingerprint density at radius 2 is 1.86 bits per heavy atom. The first-order valence-electron chi connectivity index (χ1n) is 9.58. The van der Waals surface area contributed by atoms with E-state index < -0.39 is 6.10 Å². The highest BCUT2D eigenvalue weighted by Gasteiger charge is 2.30. The van der Waals surface area contributed by atoms with E-state index in [0.29, 0.717) is 18.8 Å². The zero-order valence-electron chi connectivity index (χ0n) is 16.5. The topological polar surface area (TPSA) is 56.1 Å². The number of anilines is 1. The third kappa shape index (κ3) is 3.79. The lowest BCUT2D eigenvalue weighted by Gasteiger charge is -2.14. The Labute approximate surface area is 165 Å². The highest BCUT2D eigenvalue weighted by Crippen LogP contribution is 2.29. The van der Waals surface area contributed by atoms with E-state index in [9.17, 15) is 4.79 Å². The molecule has 3 aromatic rings. The van der Waals surface area contributed by atoms with Gasteiger partial charge in [0.2, 0.25) is 0 Å². The van der Waals surface area contributed by atoms with Crippen molar-refractivity contribution in [2.45, 2.75) is 45.3 Å². The van der Waals surface area contributed by atoms with Crippen LogP contribution >= 0.6 is 0 Å². The largest absolute Gasteiger partial charge is 0.480 e. The normalized spacial score (nSPS) is 15.8. The maximum atomic E-state index is 12.9. The third-order valence-electron chi connectivity index (χ3n) is 4.91. The maximum Gasteiger partial charge on any atom is 0.266 e. The molecule has 2 heterocycles. The number of rotatable bonds is 4. The quantitative estimate of drug-likeness (QED) is 0.745. The Balaban J connectivity index is 1.56. The van der Waals surface area contributed by atoms with E-state index in [1.807, 2.05) is 53.2 Å². The number of hydrogen-bond donors (Lipinski definition) is 1. The van der Waals surface area contributed by atoms with Crippen molar-refractivity contribution < 1.29 is 9.53 Å². The van der Waals surface area contributed by atoms with Crippen molar-refractivity contribution in [2.75, 3.05) is 5.32 Å². The zero-order valence-corrected chi connectivity index (χ0v) is 16.5. The Bertz CT molecular complexity index is 962. The van der Waals surface area contributed by atoms with Crippen LogP contribution in [0.3, 0.4) is 0 Å². The van der Waals surface area contributed by atoms with E-state index in [4.69, 9.17) is 9.84 Å². The van der Waals surface area contributed by atoms with E-state index in [0.717, 1.165) is 22.6 Å². The van der Waals surface area contributed by atoms with Gasteiger partial charge in [0.05, 0.1) is 12.2 Å². The van der Waals surface area contributed by atoms with Crippen molar-refractivity contribution in [2.24, 2.45) is 0 Å². The number of amides is 1. The molecule has 1 atom stereocenters. The first kappa shape index (κ1) is 18.3. The van der Waals surface area contributed by atoms with Crippen LogP contribution in [0.15, 0.2) is 60.7 Å². The fourth-order valence-corrected chi connectivity index (χ4v) is 3.30. The lowest BCUT2D eigenvalue weighted by molar-refractivity contribution is -0.122. The number of nitrogens with zero attached hydrogens (tertiary/aromatic N) is 2. The summed E-state index contributed by atoms with van der Waals surface area (Å²) >= 11 is 0. The van der Waals surface area contributed by atoms with Gasteiger partial charge in [-0.15, -0.1) is 0 Å². The summed E-state index contributed by atoms with van der Waals surface area (Å²) in [5, 5.41) is 7.79. The van der Waals surface area contributed by atoms with E-state index in [1.165, 1.54) is 0 Å². The van der Waals surface area contributed by atoms with Crippen LogP contribution < -0.4 is 10.1 Å². The van der Waals surface area contributed by atoms with Gasteiger partial charge in [-0.3, -0.25) is 4.79 Å². The molecule has 1 aromatic heterocycles. The van der Waals surface area contributed by atoms with E-state index in [1.54, 1.807) is 0 Å². The molecule has 28 heavy (non-hydrogen) atoms. The van der Waals surface area contributed by atoms with Gasteiger partial charge in [-0.2, -0.15) is 5.10 Å². The molecule has 1 aliphatic heterocycles. The molecule has 144 valence electrons. The summed E-state index contributed by atoms with van der Waals surface area (Å²) in [7, 11) is 0. The van der Waals surface area contributed by atoms with E-state index in [2.05, 4.69) is 38.2 Å². The summed E-state index contributed by atoms with van der Waals surface area (Å²) in [6.07, 6.45) is 0.0663. The van der Waals surface area contributed by atoms with Crippen molar-refractivity contribution in [3.05, 3.63) is 77.5 Å². The molecule has 0 saturated heterocycles. The zero-order chi connectivity index (χ0) is 19.7. The first-order valence-corrected chi connectivity index (χ1v) is 9.58. The standard InChI is InChI=1S/C23H25N3O2/c1-23(2,3)20-14-21(26(25-20)15-16-9-5-4-6-10-16)24-22(27)19-13-17-11-7-8-12-18(17)28-19/h4-12,14,19H,13,15H2,1-3H3,(H,24,27)/t19-/m0/s1. The van der Waals surface area contributed by atoms with Gasteiger partial charge in [-0.1, -0.05) is 69.3 Å². The number of para-hydroxylation sites is 1. The number of carbonyl (C=O) groups excluding carboxylic acids is 1. The molecule has 1 aliphatic rings. The summed E-state index contributed by atoms with van der Waals surface area (Å²) in [5.74, 6) is 1.33. The number of fused-ring (bicyclic) bond motifs is 1. The SMILES string of the molecule is CC(C)(C)c1cc(NC(=O)[C@@H]2Cc3ccccc3O2)n(Cc2ccccc2)n1. The number of benzene rings is 2. The number of carbonyl (C=O) groups is 1. The Morgan fingerprint density at radius 1 is 1.14 bits per heavy atom. The molecule has 1 N–H and O–H groups in total. The minimum Gasteiger partial charge on any atom is -0.480 e. The van der Waals surface area contributed by atoms with Gasteiger partial charge in [0.25, 0.3) is 5.91 Å². The molecule has 5 nitrogen and oxygen atoms in total. The molecule has 4 rings (SSSR count). The molecule has 0 radical (unpaired) electrons. The highest BCUT2D eigenvalue weighted by atomic mass is 16.5. The minimum absolute atomic E-state index is 0.110. The molecule has 0 aliphatic carbocycles. The van der Waals surface area contributed by atoms with Gasteiger partial charge in [0.1, 0.15) is 11.6 Å². The second-order valence-electron chi connectivity index (χ2n) is 8.22. The van der Waals surface area contributed by atoms with Gasteiger partial charge in [-0.25, -0.2) is 4.68 Å². The van der Waals surface area contributed by atoms with E-state index >= 15 is 0 Å². The molecular weight excluding hydrogens is 350 g/mol. The Kier molecular flexibility index (Phi) is 4.67. The van der Waals surface area contributed by atoms with Gasteiger partial charge < -0.3 is 10.1 Å². The molecule has 0 fully saturated rings. The van der Waals surface area contributed by atoms with Gasteiger partial charge in [0.15, 0.2) is 6.10 Å². The summed E-state index contributed by atoms with van der Waals surface area (Å²) in [5.41, 5.74) is 3.03. The molecule has 0 bridgehead atoms. The fourth-order valence-electron chi connectivity index (χ4n) is 3.30. The lowest BCUT2D eigenvalue weighted by atomic mass is 9.92. The number of hydrogen-bond acceptors (Lipinski definition) is 3. The van der Waals surface area contributed by atoms with Crippen molar-refractivity contribution >= 4 is 11.7 Å². The molecule has 0 saturated carbocycles. The highest BCUT2D eigenvalue weighted by molar-refractivity contribution is 5.94. The van der Waals surface area contributed by atoms with Crippen LogP contribution in [0.5, 0.6) is 5.75 Å². The molecule has 0 unspecified atom stereocenters. The average molecular weight is 375 g/mol. The van der Waals surface area contributed by atoms with Crippen LogP contribution in [0.1, 0.15) is 37.6 Å². The summed E-state index contributed by atoms with van der Waals surface area (Å²) in [6.45, 7) is 6.94. The predicted molar refractivity (Wildman–Crippen MR) is 110 cm³/mol. The summed E-state index contributed by atoms with van der Waals surface area (Å²) in [4.78, 5) is 12.9. The molecule has 2 aromatic carbocycles. The van der Waals surface area contributed by atoms with Crippen LogP contribution in [-0.2, 0) is 23.2 Å². The van der Waals surface area contributed by atoms with Crippen LogP contribution in [0, 0.1) is 0 Å². The van der Waals surface area contributed by atoms with Crippen molar-refractivity contribution in [3.63, 3.8) is 0 Å². The summed E-state index contributed by atoms with van der Waals surface area (Å²) < 4.78 is 7.69. The minimum atomic E-state index is -0.518. The number of nitrogens with one attached hydrogen (secondary N) is 1. The van der Waals surface area contributed by atoms with Gasteiger partial charge in [0, 0.05) is 17.9 Å². The Hall–Kier alpha value is -3.08. The predicted octanol–water partition coefficient (Wildman–Crippen LogP) is 4.17. The summed E-state index contributed by atoms with van der Waals surface area (Å²) in [6, 6.07) is 19.9. The van der Waals surface area contributed by atoms with Crippen LogP contribution in [0.4, 0.5) is 5.82 Å². The lowest BCUT2D eigenvalue weighted by Crippen LogP contribution is -2.32. The smallest absolute Gasteiger partial charge is 0.266 e. The number of aromatic nitrogens is 2. The van der Waals surface area contributed by atoms with Gasteiger partial charge in [-0.05, 0) is 17.2 Å². The van der Waals surface area contributed by atoms with Crippen LogP contribution in [-0.4, -0.2) is 21.8 Å².